The van der Waals surface area contributed by atoms with Crippen molar-refractivity contribution in [3.8, 4) is 11.5 Å². The van der Waals surface area contributed by atoms with Gasteiger partial charge in [-0.3, -0.25) is 9.69 Å². The van der Waals surface area contributed by atoms with Crippen molar-refractivity contribution in [2.45, 2.75) is 13.3 Å². The molecule has 0 aliphatic carbocycles. The molecule has 2 aromatic rings. The molecule has 1 aliphatic heterocycles. The molecule has 0 unspecified atom stereocenters. The van der Waals surface area contributed by atoms with Gasteiger partial charge in [0.05, 0.1) is 4.91 Å². The molecule has 2 aromatic carbocycles. The van der Waals surface area contributed by atoms with E-state index in [0.717, 1.165) is 27.8 Å². The monoisotopic (exact) mass is 503 g/mol. The van der Waals surface area contributed by atoms with Crippen LogP contribution < -0.4 is 9.47 Å². The second kappa shape index (κ2) is 10.8. The van der Waals surface area contributed by atoms with Gasteiger partial charge in [-0.15, -0.1) is 6.58 Å². The van der Waals surface area contributed by atoms with Gasteiger partial charge in [0.15, 0.2) is 0 Å². The van der Waals surface area contributed by atoms with E-state index in [1.54, 1.807) is 4.90 Å². The van der Waals surface area contributed by atoms with Crippen LogP contribution >= 0.6 is 39.9 Å². The number of amides is 1. The Morgan fingerprint density at radius 2 is 1.90 bits per heavy atom. The molecule has 7 heteroatoms. The maximum atomic E-state index is 12.5. The predicted molar refractivity (Wildman–Crippen MR) is 131 cm³/mol. The Morgan fingerprint density at radius 3 is 2.60 bits per heavy atom. The van der Waals surface area contributed by atoms with Gasteiger partial charge >= 0.3 is 0 Å². The Morgan fingerprint density at radius 1 is 1.17 bits per heavy atom. The number of halogens is 1. The van der Waals surface area contributed by atoms with Gasteiger partial charge in [-0.25, -0.2) is 0 Å². The van der Waals surface area contributed by atoms with E-state index in [1.807, 2.05) is 61.5 Å². The van der Waals surface area contributed by atoms with Crippen LogP contribution in [-0.2, 0) is 11.2 Å². The highest BCUT2D eigenvalue weighted by Crippen LogP contribution is 2.35. The maximum Gasteiger partial charge on any atom is 0.266 e. The molecule has 1 aliphatic rings. The Balaban J connectivity index is 1.68. The fourth-order valence-corrected chi connectivity index (χ4v) is 4.70. The van der Waals surface area contributed by atoms with Crippen LogP contribution in [0.2, 0.25) is 0 Å². The molecule has 0 spiro atoms. The van der Waals surface area contributed by atoms with Crippen molar-refractivity contribution in [3.63, 3.8) is 0 Å². The third kappa shape index (κ3) is 5.53. The summed E-state index contributed by atoms with van der Waals surface area (Å²) >= 11 is 10.1. The van der Waals surface area contributed by atoms with Crippen molar-refractivity contribution in [1.29, 1.82) is 0 Å². The second-order valence-electron chi connectivity index (χ2n) is 6.41. The summed E-state index contributed by atoms with van der Waals surface area (Å²) in [4.78, 5) is 14.7. The summed E-state index contributed by atoms with van der Waals surface area (Å²) in [7, 11) is 0. The lowest BCUT2D eigenvalue weighted by Crippen LogP contribution is -2.27. The molecule has 0 atom stereocenters. The molecule has 3 rings (SSSR count). The van der Waals surface area contributed by atoms with Crippen molar-refractivity contribution in [2.24, 2.45) is 0 Å². The number of allylic oxidation sites excluding steroid dienone is 1. The summed E-state index contributed by atoms with van der Waals surface area (Å²) in [5.41, 5.74) is 1.91. The van der Waals surface area contributed by atoms with E-state index in [9.17, 15) is 4.79 Å². The number of nitrogens with zero attached hydrogens (tertiary/aromatic N) is 1. The predicted octanol–water partition coefficient (Wildman–Crippen LogP) is 5.86. The molecule has 1 amide bonds. The summed E-state index contributed by atoms with van der Waals surface area (Å²) in [5.74, 6) is 1.45. The third-order valence-corrected chi connectivity index (χ3v) is 6.25. The first-order valence-corrected chi connectivity index (χ1v) is 11.5. The van der Waals surface area contributed by atoms with Crippen molar-refractivity contribution in [1.82, 2.24) is 4.90 Å². The highest BCUT2D eigenvalue weighted by Gasteiger charge is 2.30. The molecule has 0 radical (unpaired) electrons. The normalized spacial score (nSPS) is 15.0. The standard InChI is InChI=1S/C23H22BrNO3S2/c1-3-7-16-8-5-6-9-19(16)27-12-13-28-20-11-10-18(24)14-17(20)15-21-22(26)25(4-2)23(29)30-21/h3,5-6,8-11,14-15H,1,4,7,12-13H2,2H3. The summed E-state index contributed by atoms with van der Waals surface area (Å²) in [6, 6.07) is 13.6. The van der Waals surface area contributed by atoms with E-state index in [4.69, 9.17) is 21.7 Å². The zero-order valence-electron chi connectivity index (χ0n) is 16.6. The largest absolute Gasteiger partial charge is 0.490 e. The molecule has 1 saturated heterocycles. The molecular formula is C23H22BrNO3S2. The highest BCUT2D eigenvalue weighted by molar-refractivity contribution is 9.10. The van der Waals surface area contributed by atoms with Crippen molar-refractivity contribution >= 4 is 56.2 Å². The van der Waals surface area contributed by atoms with Crippen LogP contribution in [-0.4, -0.2) is 34.9 Å². The Hall–Kier alpha value is -2.09. The fraction of sp³-hybridized carbons (Fsp3) is 0.217. The summed E-state index contributed by atoms with van der Waals surface area (Å²) < 4.78 is 13.3. The van der Waals surface area contributed by atoms with Gasteiger partial charge in [0.2, 0.25) is 0 Å². The van der Waals surface area contributed by atoms with Crippen LogP contribution in [0.1, 0.15) is 18.1 Å². The quantitative estimate of drug-likeness (QED) is 0.185. The number of carbonyl (C=O) groups excluding carboxylic acids is 1. The average Bonchev–Trinajstić information content (AvgIpc) is 3.00. The molecule has 30 heavy (non-hydrogen) atoms. The molecule has 0 N–H and O–H groups in total. The average molecular weight is 504 g/mol. The van der Waals surface area contributed by atoms with Crippen LogP contribution in [0.25, 0.3) is 6.08 Å². The second-order valence-corrected chi connectivity index (χ2v) is 9.00. The lowest BCUT2D eigenvalue weighted by molar-refractivity contribution is -0.121. The smallest absolute Gasteiger partial charge is 0.266 e. The van der Waals surface area contributed by atoms with E-state index in [2.05, 4.69) is 22.5 Å². The van der Waals surface area contributed by atoms with E-state index in [0.29, 0.717) is 34.7 Å². The first-order valence-electron chi connectivity index (χ1n) is 9.52. The number of likely N-dealkylation sites (N-methyl/N-ethyl adjacent to an activating group) is 1. The molecule has 156 valence electrons. The third-order valence-electron chi connectivity index (χ3n) is 4.38. The van der Waals surface area contributed by atoms with Crippen LogP contribution in [0.15, 0.2) is 64.5 Å². The SMILES string of the molecule is C=CCc1ccccc1OCCOc1ccc(Br)cc1C=C1SC(=S)N(CC)C1=O. The molecule has 1 fully saturated rings. The minimum absolute atomic E-state index is 0.0689. The summed E-state index contributed by atoms with van der Waals surface area (Å²) in [5, 5.41) is 0. The maximum absolute atomic E-state index is 12.5. The number of thiocarbonyl (C=S) groups is 1. The van der Waals surface area contributed by atoms with Crippen LogP contribution in [0.4, 0.5) is 0 Å². The molecule has 1 heterocycles. The van der Waals surface area contributed by atoms with Crippen molar-refractivity contribution in [3.05, 3.63) is 75.6 Å². The van der Waals surface area contributed by atoms with Gasteiger partial charge in [0.25, 0.3) is 5.91 Å². The zero-order chi connectivity index (χ0) is 21.5. The van der Waals surface area contributed by atoms with Crippen molar-refractivity contribution < 1.29 is 14.3 Å². The van der Waals surface area contributed by atoms with Crippen LogP contribution in [0.3, 0.4) is 0 Å². The van der Waals surface area contributed by atoms with Gasteiger partial charge in [-0.05, 0) is 49.2 Å². The topological polar surface area (TPSA) is 38.8 Å². The molecule has 4 nitrogen and oxygen atoms in total. The van der Waals surface area contributed by atoms with Gasteiger partial charge in [0.1, 0.15) is 29.0 Å². The minimum Gasteiger partial charge on any atom is -0.490 e. The first kappa shape index (κ1) is 22.6. The van der Waals surface area contributed by atoms with Gasteiger partial charge in [-0.2, -0.15) is 0 Å². The molecular weight excluding hydrogens is 482 g/mol. The van der Waals surface area contributed by atoms with Crippen LogP contribution in [0.5, 0.6) is 11.5 Å². The number of benzene rings is 2. The Bertz CT molecular complexity index is 990. The zero-order valence-corrected chi connectivity index (χ0v) is 19.8. The number of thioether (sulfide) groups is 1. The van der Waals surface area contributed by atoms with Crippen LogP contribution in [0, 0.1) is 0 Å². The number of hydrogen-bond acceptors (Lipinski definition) is 5. The first-order chi connectivity index (χ1) is 14.5. The fourth-order valence-electron chi connectivity index (χ4n) is 2.95. The van der Waals surface area contributed by atoms with Gasteiger partial charge in [-0.1, -0.05) is 64.2 Å². The van der Waals surface area contributed by atoms with E-state index in [1.165, 1.54) is 11.8 Å². The Kier molecular flexibility index (Phi) is 8.13. The van der Waals surface area contributed by atoms with Gasteiger partial charge in [0, 0.05) is 16.6 Å². The molecule has 0 aromatic heterocycles. The molecule has 0 bridgehead atoms. The van der Waals surface area contributed by atoms with E-state index < -0.39 is 0 Å². The number of carbonyl (C=O) groups is 1. The summed E-state index contributed by atoms with van der Waals surface area (Å²) in [6.07, 6.45) is 4.44. The number of ether oxygens (including phenoxy) is 2. The van der Waals surface area contributed by atoms with E-state index >= 15 is 0 Å². The summed E-state index contributed by atoms with van der Waals surface area (Å²) in [6.45, 7) is 7.04. The minimum atomic E-state index is -0.0689. The number of rotatable bonds is 9. The lowest BCUT2D eigenvalue weighted by Gasteiger charge is -2.13. The van der Waals surface area contributed by atoms with Gasteiger partial charge < -0.3 is 9.47 Å². The van der Waals surface area contributed by atoms with E-state index in [-0.39, 0.29) is 5.91 Å². The van der Waals surface area contributed by atoms with Crippen molar-refractivity contribution in [2.75, 3.05) is 19.8 Å². The Labute approximate surface area is 195 Å². The lowest BCUT2D eigenvalue weighted by atomic mass is 10.1. The number of para-hydroxylation sites is 1. The molecule has 0 saturated carbocycles. The highest BCUT2D eigenvalue weighted by atomic mass is 79.9. The number of hydrogen-bond donors (Lipinski definition) is 0.